The number of amides is 2. The number of aryl methyl sites for hydroxylation is 1. The first kappa shape index (κ1) is 29.1. The molecule has 0 bridgehead atoms. The van der Waals surface area contributed by atoms with Gasteiger partial charge < -0.3 is 15.2 Å². The largest absolute Gasteiger partial charge is 0.342 e. The summed E-state index contributed by atoms with van der Waals surface area (Å²) in [6.45, 7) is 8.50. The molecule has 2 N–H and O–H groups in total. The van der Waals surface area contributed by atoms with Gasteiger partial charge in [-0.15, -0.1) is 21.5 Å². The first-order valence-electron chi connectivity index (χ1n) is 12.3. The molecule has 8 nitrogen and oxygen atoms in total. The maximum atomic E-state index is 13.0. The molecule has 2 heterocycles. The van der Waals surface area contributed by atoms with Crippen molar-refractivity contribution in [3.8, 4) is 11.3 Å². The molecule has 0 spiro atoms. The average molecular weight is 604 g/mol. The Labute approximate surface area is 245 Å². The van der Waals surface area contributed by atoms with Crippen LogP contribution in [-0.4, -0.2) is 37.3 Å². The molecule has 12 heteroatoms. The highest BCUT2D eigenvalue weighted by atomic mass is 35.5. The Balaban J connectivity index is 1.44. The van der Waals surface area contributed by atoms with Gasteiger partial charge in [0.05, 0.1) is 28.1 Å². The standard InChI is InChI=1S/C27H28Cl2N6O2S2/c1-5-35-24(22(15(2)3)31-25(37)19-12-11-18(28)13-20(19)29)33-34-27(35)38-14-21(36)30-26-32-23(16(4)39-26)17-9-7-6-8-10-17/h6-13,15,22H,5,14H2,1-4H3,(H,31,37)(H,30,32,36)/t22-/m0/s1. The minimum absolute atomic E-state index is 0.0163. The molecule has 0 aliphatic rings. The van der Waals surface area contributed by atoms with Gasteiger partial charge in [0.2, 0.25) is 5.91 Å². The van der Waals surface area contributed by atoms with Crippen LogP contribution in [-0.2, 0) is 11.3 Å². The molecular formula is C27H28Cl2N6O2S2. The molecule has 1 atom stereocenters. The molecule has 0 aliphatic carbocycles. The van der Waals surface area contributed by atoms with E-state index in [1.54, 1.807) is 12.1 Å². The summed E-state index contributed by atoms with van der Waals surface area (Å²) < 4.78 is 1.91. The fourth-order valence-corrected chi connectivity index (χ4v) is 6.11. The van der Waals surface area contributed by atoms with Gasteiger partial charge >= 0.3 is 0 Å². The van der Waals surface area contributed by atoms with E-state index in [1.807, 2.05) is 62.6 Å². The number of carbonyl (C=O) groups excluding carboxylic acids is 2. The Morgan fingerprint density at radius 3 is 2.51 bits per heavy atom. The predicted molar refractivity (Wildman–Crippen MR) is 159 cm³/mol. The van der Waals surface area contributed by atoms with Crippen LogP contribution in [0.25, 0.3) is 11.3 Å². The topological polar surface area (TPSA) is 102 Å². The summed E-state index contributed by atoms with van der Waals surface area (Å²) in [6, 6.07) is 14.2. The van der Waals surface area contributed by atoms with E-state index in [0.717, 1.165) is 16.1 Å². The summed E-state index contributed by atoms with van der Waals surface area (Å²) in [5, 5.41) is 16.5. The van der Waals surface area contributed by atoms with Crippen LogP contribution >= 0.6 is 46.3 Å². The van der Waals surface area contributed by atoms with Crippen LogP contribution in [0.1, 0.15) is 47.9 Å². The van der Waals surface area contributed by atoms with E-state index in [9.17, 15) is 9.59 Å². The summed E-state index contributed by atoms with van der Waals surface area (Å²) in [5.41, 5.74) is 2.20. The first-order valence-corrected chi connectivity index (χ1v) is 14.9. The number of hydrogen-bond acceptors (Lipinski definition) is 7. The van der Waals surface area contributed by atoms with Crippen molar-refractivity contribution < 1.29 is 9.59 Å². The van der Waals surface area contributed by atoms with Crippen LogP contribution < -0.4 is 10.6 Å². The molecule has 0 unspecified atom stereocenters. The number of nitrogens with one attached hydrogen (secondary N) is 2. The van der Waals surface area contributed by atoms with E-state index in [4.69, 9.17) is 23.2 Å². The van der Waals surface area contributed by atoms with Gasteiger partial charge in [-0.1, -0.05) is 79.1 Å². The number of nitrogens with zero attached hydrogens (tertiary/aromatic N) is 4. The zero-order chi connectivity index (χ0) is 28.1. The van der Waals surface area contributed by atoms with E-state index in [-0.39, 0.29) is 28.5 Å². The lowest BCUT2D eigenvalue weighted by atomic mass is 10.0. The zero-order valence-corrected chi connectivity index (χ0v) is 25.0. The fourth-order valence-electron chi connectivity index (χ4n) is 3.96. The lowest BCUT2D eigenvalue weighted by Gasteiger charge is -2.22. The molecule has 0 fully saturated rings. The minimum atomic E-state index is -0.422. The maximum Gasteiger partial charge on any atom is 0.253 e. The molecule has 204 valence electrons. The normalized spacial score (nSPS) is 12.0. The highest BCUT2D eigenvalue weighted by Gasteiger charge is 2.27. The zero-order valence-electron chi connectivity index (χ0n) is 21.9. The summed E-state index contributed by atoms with van der Waals surface area (Å²) >= 11 is 14.9. The number of hydrogen-bond donors (Lipinski definition) is 2. The molecule has 0 radical (unpaired) electrons. The van der Waals surface area contributed by atoms with Crippen molar-refractivity contribution in [1.82, 2.24) is 25.1 Å². The maximum absolute atomic E-state index is 13.0. The van der Waals surface area contributed by atoms with Crippen molar-refractivity contribution in [3.05, 3.63) is 74.8 Å². The molecule has 4 rings (SSSR count). The predicted octanol–water partition coefficient (Wildman–Crippen LogP) is 6.89. The van der Waals surface area contributed by atoms with Crippen molar-refractivity contribution in [1.29, 1.82) is 0 Å². The Kier molecular flexibility index (Phi) is 9.66. The van der Waals surface area contributed by atoms with Gasteiger partial charge in [-0.3, -0.25) is 9.59 Å². The Hall–Kier alpha value is -2.92. The number of thioether (sulfide) groups is 1. The van der Waals surface area contributed by atoms with Gasteiger partial charge in [0, 0.05) is 22.0 Å². The van der Waals surface area contributed by atoms with Crippen LogP contribution in [0.15, 0.2) is 53.7 Å². The van der Waals surface area contributed by atoms with Gasteiger partial charge in [-0.25, -0.2) is 4.98 Å². The number of halogens is 2. The first-order chi connectivity index (χ1) is 18.7. The van der Waals surface area contributed by atoms with Crippen molar-refractivity contribution in [2.45, 2.75) is 45.4 Å². The van der Waals surface area contributed by atoms with Crippen molar-refractivity contribution in [2.75, 3.05) is 11.1 Å². The molecule has 0 saturated heterocycles. The van der Waals surface area contributed by atoms with Crippen LogP contribution in [0.4, 0.5) is 5.13 Å². The fraction of sp³-hybridized carbons (Fsp3) is 0.296. The lowest BCUT2D eigenvalue weighted by molar-refractivity contribution is -0.113. The van der Waals surface area contributed by atoms with Crippen LogP contribution in [0.3, 0.4) is 0 Å². The Morgan fingerprint density at radius 2 is 1.85 bits per heavy atom. The molecular weight excluding hydrogens is 575 g/mol. The van der Waals surface area contributed by atoms with E-state index in [2.05, 4.69) is 25.8 Å². The molecule has 2 aromatic heterocycles. The quantitative estimate of drug-likeness (QED) is 0.191. The third-order valence-electron chi connectivity index (χ3n) is 5.89. The molecule has 0 aliphatic heterocycles. The van der Waals surface area contributed by atoms with Gasteiger partial charge in [0.15, 0.2) is 16.1 Å². The Bertz CT molecular complexity index is 1470. The summed E-state index contributed by atoms with van der Waals surface area (Å²) in [5.74, 6) is 0.241. The number of anilines is 1. The molecule has 0 saturated carbocycles. The third kappa shape index (κ3) is 7.00. The van der Waals surface area contributed by atoms with Crippen LogP contribution in [0.2, 0.25) is 10.0 Å². The van der Waals surface area contributed by atoms with E-state index in [0.29, 0.717) is 33.2 Å². The number of benzene rings is 2. The van der Waals surface area contributed by atoms with E-state index >= 15 is 0 Å². The summed E-state index contributed by atoms with van der Waals surface area (Å²) in [6.07, 6.45) is 0. The second-order valence-corrected chi connectivity index (χ2v) is 12.0. The number of aromatic nitrogens is 4. The average Bonchev–Trinajstić information content (AvgIpc) is 3.48. The lowest BCUT2D eigenvalue weighted by Crippen LogP contribution is -2.34. The van der Waals surface area contributed by atoms with E-state index < -0.39 is 6.04 Å². The molecule has 2 aromatic carbocycles. The minimum Gasteiger partial charge on any atom is -0.342 e. The van der Waals surface area contributed by atoms with Gasteiger partial charge in [-0.2, -0.15) is 0 Å². The second kappa shape index (κ2) is 13.0. The monoisotopic (exact) mass is 602 g/mol. The van der Waals surface area contributed by atoms with Crippen LogP contribution in [0.5, 0.6) is 0 Å². The van der Waals surface area contributed by atoms with Crippen molar-refractivity contribution in [3.63, 3.8) is 0 Å². The Morgan fingerprint density at radius 1 is 1.10 bits per heavy atom. The van der Waals surface area contributed by atoms with Crippen molar-refractivity contribution >= 4 is 63.2 Å². The summed E-state index contributed by atoms with van der Waals surface area (Å²) in [4.78, 5) is 31.4. The molecule has 4 aromatic rings. The SMILES string of the molecule is CCn1c(SCC(=O)Nc2nc(-c3ccccc3)c(C)s2)nnc1[C@@H](NC(=O)c1ccc(Cl)cc1Cl)C(C)C. The smallest absolute Gasteiger partial charge is 0.253 e. The number of thiazole rings is 1. The van der Waals surface area contributed by atoms with E-state index in [1.165, 1.54) is 29.2 Å². The van der Waals surface area contributed by atoms with Gasteiger partial charge in [-0.05, 0) is 38.0 Å². The number of rotatable bonds is 10. The summed E-state index contributed by atoms with van der Waals surface area (Å²) in [7, 11) is 0. The van der Waals surface area contributed by atoms with Crippen molar-refractivity contribution in [2.24, 2.45) is 5.92 Å². The van der Waals surface area contributed by atoms with Gasteiger partial charge in [0.25, 0.3) is 5.91 Å². The van der Waals surface area contributed by atoms with Gasteiger partial charge in [0.1, 0.15) is 0 Å². The highest BCUT2D eigenvalue weighted by molar-refractivity contribution is 7.99. The number of carbonyl (C=O) groups is 2. The second-order valence-electron chi connectivity index (χ2n) is 9.03. The highest BCUT2D eigenvalue weighted by Crippen LogP contribution is 2.31. The molecule has 2 amide bonds. The van der Waals surface area contributed by atoms with Crippen LogP contribution in [0, 0.1) is 12.8 Å². The molecule has 39 heavy (non-hydrogen) atoms. The third-order valence-corrected chi connectivity index (χ3v) is 8.29.